The van der Waals surface area contributed by atoms with E-state index in [0.29, 0.717) is 12.0 Å². The zero-order valence-corrected chi connectivity index (χ0v) is 18.6. The van der Waals surface area contributed by atoms with Crippen LogP contribution in [0.1, 0.15) is 25.6 Å². The molecule has 5 rings (SSSR count). The van der Waals surface area contributed by atoms with E-state index in [4.69, 9.17) is 26.2 Å². The summed E-state index contributed by atoms with van der Waals surface area (Å²) in [6.07, 6.45) is 0.650. The molecule has 0 spiro atoms. The van der Waals surface area contributed by atoms with Crippen LogP contribution in [0, 0.1) is 0 Å². The molecule has 1 fully saturated rings. The van der Waals surface area contributed by atoms with Gasteiger partial charge in [0, 0.05) is 37.4 Å². The van der Waals surface area contributed by atoms with E-state index in [1.807, 2.05) is 6.07 Å². The molecular weight excluding hydrogens is 422 g/mol. The van der Waals surface area contributed by atoms with Gasteiger partial charge in [-0.3, -0.25) is 4.79 Å². The summed E-state index contributed by atoms with van der Waals surface area (Å²) in [5.74, 6) is -0.405. The molecule has 1 aliphatic carbocycles. The van der Waals surface area contributed by atoms with Crippen LogP contribution < -0.4 is 15.4 Å². The number of rotatable bonds is 4. The molecule has 0 unspecified atom stereocenters. The zero-order chi connectivity index (χ0) is 24.9. The van der Waals surface area contributed by atoms with Crippen molar-refractivity contribution in [2.24, 2.45) is 5.73 Å². The van der Waals surface area contributed by atoms with Crippen molar-refractivity contribution >= 4 is 23.2 Å². The van der Waals surface area contributed by atoms with E-state index in [9.17, 15) is 4.79 Å². The number of hydrogen-bond donors (Lipinski definition) is 1. The summed E-state index contributed by atoms with van der Waals surface area (Å²) in [6, 6.07) is 15.2. The minimum Gasteiger partial charge on any atom is -0.495 e. The van der Waals surface area contributed by atoms with Crippen LogP contribution in [-0.2, 0) is 6.42 Å². The Hall–Kier alpha value is -3.02. The normalized spacial score (nSPS) is 17.2. The first kappa shape index (κ1) is 17.5. The lowest BCUT2D eigenvalue weighted by Gasteiger charge is -2.34. The Balaban J connectivity index is 1.52. The third-order valence-electron chi connectivity index (χ3n) is 6.51. The maximum Gasteiger partial charge on any atom is 0.249 e. The number of fused-ring (bicyclic) bond motifs is 3. The fourth-order valence-corrected chi connectivity index (χ4v) is 4.91. The fourth-order valence-electron chi connectivity index (χ4n) is 4.69. The number of hydrogen-bond acceptors (Lipinski definition) is 4. The van der Waals surface area contributed by atoms with Gasteiger partial charge in [-0.05, 0) is 83.2 Å². The number of carbonyl (C=O) groups is 1. The van der Waals surface area contributed by atoms with Crippen molar-refractivity contribution in [1.29, 1.82) is 0 Å². The highest BCUT2D eigenvalue weighted by Crippen LogP contribution is 2.43. The molecule has 2 aliphatic rings. The lowest BCUT2D eigenvalue weighted by Crippen LogP contribution is -2.44. The fraction of sp³-hybridized carbons (Fsp3) is 0.269. The van der Waals surface area contributed by atoms with E-state index < -0.39 is 12.9 Å². The Labute approximate surface area is 197 Å². The minimum absolute atomic E-state index is 0.0773. The second-order valence-electron chi connectivity index (χ2n) is 8.47. The van der Waals surface area contributed by atoms with Crippen molar-refractivity contribution in [3.8, 4) is 28.0 Å². The number of carbonyl (C=O) groups excluding carboxylic acids is 1. The van der Waals surface area contributed by atoms with E-state index in [1.54, 1.807) is 18.2 Å². The largest absolute Gasteiger partial charge is 0.495 e. The average molecular weight is 451 g/mol. The number of methoxy groups -OCH3 is 1. The topological polar surface area (TPSA) is 58.8 Å². The number of primary amides is 1. The van der Waals surface area contributed by atoms with Crippen molar-refractivity contribution < 1.29 is 13.6 Å². The van der Waals surface area contributed by atoms with Gasteiger partial charge >= 0.3 is 0 Å². The Bertz CT molecular complexity index is 1320. The van der Waals surface area contributed by atoms with Crippen molar-refractivity contribution in [1.82, 2.24) is 4.90 Å². The third kappa shape index (κ3) is 3.61. The predicted molar refractivity (Wildman–Crippen MR) is 130 cm³/mol. The molecule has 5 nitrogen and oxygen atoms in total. The first-order valence-electron chi connectivity index (χ1n) is 12.1. The van der Waals surface area contributed by atoms with Gasteiger partial charge in [-0.25, -0.2) is 0 Å². The number of ether oxygens (including phenoxy) is 1. The molecule has 1 heterocycles. The molecule has 0 aromatic heterocycles. The Morgan fingerprint density at radius 1 is 1.03 bits per heavy atom. The number of benzene rings is 3. The maximum atomic E-state index is 12.4. The monoisotopic (exact) mass is 450 g/mol. The van der Waals surface area contributed by atoms with Gasteiger partial charge in [0.05, 0.1) is 16.2 Å². The summed E-state index contributed by atoms with van der Waals surface area (Å²) < 4.78 is 26.9. The molecule has 164 valence electrons. The summed E-state index contributed by atoms with van der Waals surface area (Å²) in [5.41, 5.74) is 13.2. The van der Waals surface area contributed by atoms with E-state index in [1.165, 1.54) is 17.3 Å². The smallest absolute Gasteiger partial charge is 0.249 e. The number of piperazine rings is 1. The van der Waals surface area contributed by atoms with E-state index >= 15 is 0 Å². The molecule has 1 amide bonds. The van der Waals surface area contributed by atoms with E-state index in [0.717, 1.165) is 54.0 Å². The van der Waals surface area contributed by atoms with Gasteiger partial charge < -0.3 is 20.3 Å². The van der Waals surface area contributed by atoms with E-state index in [2.05, 4.69) is 35.0 Å². The van der Waals surface area contributed by atoms with Gasteiger partial charge in [-0.2, -0.15) is 0 Å². The average Bonchev–Trinajstić information content (AvgIpc) is 3.17. The quantitative estimate of drug-likeness (QED) is 0.499. The lowest BCUT2D eigenvalue weighted by atomic mass is 9.94. The van der Waals surface area contributed by atoms with Crippen LogP contribution >= 0.6 is 11.6 Å². The van der Waals surface area contributed by atoms with Crippen LogP contribution in [0.5, 0.6) is 5.75 Å². The minimum atomic E-state index is -2.59. The molecule has 32 heavy (non-hydrogen) atoms. The highest BCUT2D eigenvalue weighted by Gasteiger charge is 2.26. The van der Waals surface area contributed by atoms with Gasteiger partial charge in [0.25, 0.3) is 0 Å². The van der Waals surface area contributed by atoms with Gasteiger partial charge in [0.1, 0.15) is 5.75 Å². The molecule has 0 bridgehead atoms. The van der Waals surface area contributed by atoms with Crippen molar-refractivity contribution in [3.05, 3.63) is 70.2 Å². The Kier molecular flexibility index (Phi) is 4.47. The second kappa shape index (κ2) is 8.15. The van der Waals surface area contributed by atoms with Crippen LogP contribution in [0.4, 0.5) is 5.69 Å². The maximum absolute atomic E-state index is 12.4. The van der Waals surface area contributed by atoms with Crippen LogP contribution in [0.2, 0.25) is 5.02 Å². The number of likely N-dealkylation sites (N-methyl/N-ethyl adjacent to an activating group) is 1. The van der Waals surface area contributed by atoms with Crippen LogP contribution in [0.3, 0.4) is 0 Å². The first-order valence-corrected chi connectivity index (χ1v) is 11.0. The number of nitrogens with two attached hydrogens (primary N) is 1. The summed E-state index contributed by atoms with van der Waals surface area (Å²) in [6.45, 7) is 4.04. The van der Waals surface area contributed by atoms with Crippen LogP contribution in [0.15, 0.2) is 48.5 Å². The number of nitrogens with zero attached hydrogens (tertiary/aromatic N) is 2. The highest BCUT2D eigenvalue weighted by molar-refractivity contribution is 6.32. The summed E-state index contributed by atoms with van der Waals surface area (Å²) in [5, 5.41) is 0.178. The predicted octanol–water partition coefficient (Wildman–Crippen LogP) is 4.44. The molecular formula is C26H26ClN3O2. The summed E-state index contributed by atoms with van der Waals surface area (Å²) in [4.78, 5) is 17.1. The molecule has 3 aromatic carbocycles. The summed E-state index contributed by atoms with van der Waals surface area (Å²) in [7, 11) is -0.453. The molecule has 3 aromatic rings. The molecule has 1 aliphatic heterocycles. The number of amides is 1. The molecule has 6 heteroatoms. The van der Waals surface area contributed by atoms with Gasteiger partial charge in [0.15, 0.2) is 0 Å². The first-order chi connectivity index (χ1) is 16.6. The third-order valence-corrected chi connectivity index (χ3v) is 6.80. The SMILES string of the molecule is [2H]C([2H])([2H])Oc1ccc(-c2cc(C(N)=O)c3c(c2)-c2ccc(N4CCN(C)CC4)cc2C3)cc1Cl. The molecule has 2 N–H and O–H groups in total. The van der Waals surface area contributed by atoms with Crippen molar-refractivity contribution in [3.63, 3.8) is 0 Å². The van der Waals surface area contributed by atoms with Crippen LogP contribution in [-0.4, -0.2) is 51.1 Å². The van der Waals surface area contributed by atoms with E-state index in [-0.39, 0.29) is 10.8 Å². The lowest BCUT2D eigenvalue weighted by molar-refractivity contribution is 0.0999. The standard InChI is InChI=1S/C26H26ClN3O2/c1-29-7-9-30(10-8-29)19-4-5-20-18(11-19)14-22-21(20)12-17(13-23(22)26(28)31)16-3-6-25(32-2)24(27)15-16/h3-6,11-13,15H,7-10,14H2,1-2H3,(H2,28,31)/i2D3. The van der Waals surface area contributed by atoms with Crippen LogP contribution in [0.25, 0.3) is 22.3 Å². The highest BCUT2D eigenvalue weighted by atomic mass is 35.5. The van der Waals surface area contributed by atoms with Gasteiger partial charge in [-0.15, -0.1) is 0 Å². The Morgan fingerprint density at radius 3 is 2.56 bits per heavy atom. The summed E-state index contributed by atoms with van der Waals surface area (Å²) >= 11 is 6.31. The van der Waals surface area contributed by atoms with Crippen molar-refractivity contribution in [2.45, 2.75) is 6.42 Å². The Morgan fingerprint density at radius 2 is 1.84 bits per heavy atom. The molecule has 0 atom stereocenters. The molecule has 0 saturated carbocycles. The molecule has 1 saturated heterocycles. The zero-order valence-electron chi connectivity index (χ0n) is 20.8. The molecule has 0 radical (unpaired) electrons. The number of anilines is 1. The number of halogens is 1. The van der Waals surface area contributed by atoms with Gasteiger partial charge in [-0.1, -0.05) is 23.7 Å². The van der Waals surface area contributed by atoms with Crippen molar-refractivity contribution in [2.75, 3.05) is 45.2 Å². The second-order valence-corrected chi connectivity index (χ2v) is 8.88. The van der Waals surface area contributed by atoms with Gasteiger partial charge in [0.2, 0.25) is 5.91 Å².